The molecule has 2 N–H and O–H groups in total. The molecule has 1 aliphatic carbocycles. The highest BCUT2D eigenvalue weighted by Gasteiger charge is 2.36. The molecule has 7 nitrogen and oxygen atoms in total. The summed E-state index contributed by atoms with van der Waals surface area (Å²) < 4.78 is 46.7. The Morgan fingerprint density at radius 2 is 1.79 bits per heavy atom. The van der Waals surface area contributed by atoms with E-state index in [2.05, 4.69) is 10.1 Å². The number of halogens is 2. The Labute approximate surface area is 169 Å². The van der Waals surface area contributed by atoms with Gasteiger partial charge in [0.05, 0.1) is 5.54 Å². The monoisotopic (exact) mass is 430 g/mol. The van der Waals surface area contributed by atoms with E-state index in [9.17, 15) is 12.8 Å². The lowest BCUT2D eigenvalue weighted by Crippen LogP contribution is -2.36. The second-order valence-corrected chi connectivity index (χ2v) is 9.30. The van der Waals surface area contributed by atoms with E-state index in [0.717, 1.165) is 51.0 Å². The predicted octanol–water partition coefficient (Wildman–Crippen LogP) is 3.20. The van der Waals surface area contributed by atoms with Crippen LogP contribution in [0.15, 0.2) is 27.6 Å². The van der Waals surface area contributed by atoms with Gasteiger partial charge in [-0.25, -0.2) is 12.8 Å². The zero-order valence-electron chi connectivity index (χ0n) is 15.4. The lowest BCUT2D eigenvalue weighted by molar-refractivity contribution is 0.345. The molecule has 1 saturated heterocycles. The van der Waals surface area contributed by atoms with E-state index in [1.807, 2.05) is 0 Å². The Bertz CT molecular complexity index is 938. The van der Waals surface area contributed by atoms with Gasteiger partial charge in [-0.1, -0.05) is 24.4 Å². The molecule has 0 bridgehead atoms. The van der Waals surface area contributed by atoms with Gasteiger partial charge in [0.1, 0.15) is 10.7 Å². The SMILES string of the molecule is Cl.NC1(c2noc(-c3ccc(F)c(S(=O)(=O)N4CCCCC4)c3)n2)CCCC1. The molecule has 0 unspecified atom stereocenters. The lowest BCUT2D eigenvalue weighted by Gasteiger charge is -2.26. The van der Waals surface area contributed by atoms with Gasteiger partial charge in [0.25, 0.3) is 5.89 Å². The quantitative estimate of drug-likeness (QED) is 0.798. The van der Waals surface area contributed by atoms with Crippen molar-refractivity contribution in [2.45, 2.75) is 55.4 Å². The third-order valence-corrected chi connectivity index (χ3v) is 7.39. The Morgan fingerprint density at radius 3 is 2.46 bits per heavy atom. The van der Waals surface area contributed by atoms with Crippen molar-refractivity contribution >= 4 is 22.4 Å². The van der Waals surface area contributed by atoms with Crippen molar-refractivity contribution in [3.05, 3.63) is 29.8 Å². The molecule has 2 fully saturated rings. The molecular formula is C18H24ClFN4O3S. The summed E-state index contributed by atoms with van der Waals surface area (Å²) in [5.41, 5.74) is 6.11. The van der Waals surface area contributed by atoms with Gasteiger partial charge in [-0.15, -0.1) is 12.4 Å². The van der Waals surface area contributed by atoms with Crippen LogP contribution in [0.25, 0.3) is 11.5 Å². The summed E-state index contributed by atoms with van der Waals surface area (Å²) in [6.07, 6.45) is 6.14. The topological polar surface area (TPSA) is 102 Å². The Morgan fingerprint density at radius 1 is 1.11 bits per heavy atom. The predicted molar refractivity (Wildman–Crippen MR) is 104 cm³/mol. The smallest absolute Gasteiger partial charge is 0.258 e. The van der Waals surface area contributed by atoms with Gasteiger partial charge < -0.3 is 10.3 Å². The van der Waals surface area contributed by atoms with E-state index >= 15 is 0 Å². The molecule has 0 radical (unpaired) electrons. The number of rotatable bonds is 4. The van der Waals surface area contributed by atoms with Gasteiger partial charge in [0.2, 0.25) is 10.0 Å². The van der Waals surface area contributed by atoms with Gasteiger partial charge >= 0.3 is 0 Å². The van der Waals surface area contributed by atoms with Crippen molar-refractivity contribution < 1.29 is 17.3 Å². The highest BCUT2D eigenvalue weighted by Crippen LogP contribution is 2.36. The molecule has 2 aromatic rings. The number of nitrogens with two attached hydrogens (primary N) is 1. The number of hydrogen-bond acceptors (Lipinski definition) is 6. The van der Waals surface area contributed by atoms with Crippen LogP contribution in [0, 0.1) is 5.82 Å². The third kappa shape index (κ3) is 3.80. The molecule has 1 saturated carbocycles. The van der Waals surface area contributed by atoms with E-state index in [-0.39, 0.29) is 23.2 Å². The number of sulfonamides is 1. The van der Waals surface area contributed by atoms with E-state index in [1.54, 1.807) is 0 Å². The first-order valence-electron chi connectivity index (χ1n) is 9.33. The molecule has 1 aromatic carbocycles. The molecule has 154 valence electrons. The highest BCUT2D eigenvalue weighted by atomic mass is 35.5. The Kier molecular flexibility index (Phi) is 6.09. The molecule has 0 spiro atoms. The largest absolute Gasteiger partial charge is 0.334 e. The number of piperidine rings is 1. The van der Waals surface area contributed by atoms with Crippen LogP contribution in [0.2, 0.25) is 0 Å². The summed E-state index contributed by atoms with van der Waals surface area (Å²) >= 11 is 0. The first-order chi connectivity index (χ1) is 12.9. The van der Waals surface area contributed by atoms with Crippen molar-refractivity contribution in [3.63, 3.8) is 0 Å². The van der Waals surface area contributed by atoms with E-state index in [0.29, 0.717) is 24.5 Å². The Balaban J connectivity index is 0.00000225. The van der Waals surface area contributed by atoms with Gasteiger partial charge in [-0.2, -0.15) is 9.29 Å². The zero-order valence-corrected chi connectivity index (χ0v) is 17.1. The minimum atomic E-state index is -3.90. The summed E-state index contributed by atoms with van der Waals surface area (Å²) in [4.78, 5) is 4.01. The summed E-state index contributed by atoms with van der Waals surface area (Å²) in [6.45, 7) is 0.818. The molecule has 0 amide bonds. The van der Waals surface area contributed by atoms with Crippen LogP contribution in [0.1, 0.15) is 50.8 Å². The summed E-state index contributed by atoms with van der Waals surface area (Å²) in [7, 11) is -3.90. The van der Waals surface area contributed by atoms with Gasteiger partial charge in [0, 0.05) is 18.7 Å². The van der Waals surface area contributed by atoms with Gasteiger partial charge in [-0.3, -0.25) is 0 Å². The number of nitrogens with zero attached hydrogens (tertiary/aromatic N) is 3. The maximum absolute atomic E-state index is 14.4. The second kappa shape index (κ2) is 8.06. The minimum Gasteiger partial charge on any atom is -0.334 e. The fourth-order valence-corrected chi connectivity index (χ4v) is 5.46. The first-order valence-corrected chi connectivity index (χ1v) is 10.8. The highest BCUT2D eigenvalue weighted by molar-refractivity contribution is 7.89. The molecule has 1 aliphatic heterocycles. The summed E-state index contributed by atoms with van der Waals surface area (Å²) in [5.74, 6) is -0.216. The number of benzene rings is 1. The van der Waals surface area contributed by atoms with Crippen LogP contribution in [-0.2, 0) is 15.6 Å². The fraction of sp³-hybridized carbons (Fsp3) is 0.556. The van der Waals surface area contributed by atoms with E-state index < -0.39 is 21.4 Å². The second-order valence-electron chi connectivity index (χ2n) is 7.40. The standard InChI is InChI=1S/C18H23FN4O3S.ClH/c19-14-7-6-13(12-15(14)27(24,25)23-10-4-1-5-11-23)16-21-17(22-26-16)18(20)8-2-3-9-18;/h6-7,12H,1-5,8-11,20H2;1H. The Hall–Kier alpha value is -1.55. The van der Waals surface area contributed by atoms with Crippen LogP contribution in [-0.4, -0.2) is 36.0 Å². The molecule has 10 heteroatoms. The molecule has 1 aromatic heterocycles. The minimum absolute atomic E-state index is 0. The van der Waals surface area contributed by atoms with Crippen LogP contribution in [0.5, 0.6) is 0 Å². The number of hydrogen-bond donors (Lipinski definition) is 1. The van der Waals surface area contributed by atoms with E-state index in [1.165, 1.54) is 16.4 Å². The van der Waals surface area contributed by atoms with Crippen molar-refractivity contribution in [3.8, 4) is 11.5 Å². The van der Waals surface area contributed by atoms with Crippen LogP contribution in [0.3, 0.4) is 0 Å². The van der Waals surface area contributed by atoms with Gasteiger partial charge in [-0.05, 0) is 43.9 Å². The van der Waals surface area contributed by atoms with Crippen molar-refractivity contribution in [1.82, 2.24) is 14.4 Å². The molecule has 2 heterocycles. The van der Waals surface area contributed by atoms with Crippen molar-refractivity contribution in [2.24, 2.45) is 5.73 Å². The average Bonchev–Trinajstić information content (AvgIpc) is 3.33. The summed E-state index contributed by atoms with van der Waals surface area (Å²) in [5, 5.41) is 3.99. The lowest BCUT2D eigenvalue weighted by atomic mass is 9.99. The average molecular weight is 431 g/mol. The van der Waals surface area contributed by atoms with Crippen molar-refractivity contribution in [2.75, 3.05) is 13.1 Å². The van der Waals surface area contributed by atoms with E-state index in [4.69, 9.17) is 10.3 Å². The van der Waals surface area contributed by atoms with Crippen LogP contribution >= 0.6 is 12.4 Å². The molecule has 28 heavy (non-hydrogen) atoms. The maximum atomic E-state index is 14.4. The normalized spacial score (nSPS) is 20.1. The first kappa shape index (κ1) is 21.2. The van der Waals surface area contributed by atoms with Crippen LogP contribution in [0.4, 0.5) is 4.39 Å². The molecule has 0 atom stereocenters. The maximum Gasteiger partial charge on any atom is 0.258 e. The molecular weight excluding hydrogens is 407 g/mol. The van der Waals surface area contributed by atoms with Crippen LogP contribution < -0.4 is 5.73 Å². The molecule has 4 rings (SSSR count). The number of aromatic nitrogens is 2. The summed E-state index contributed by atoms with van der Waals surface area (Å²) in [6, 6.07) is 3.85. The molecule has 2 aliphatic rings. The van der Waals surface area contributed by atoms with Crippen molar-refractivity contribution in [1.29, 1.82) is 0 Å². The fourth-order valence-electron chi connectivity index (χ4n) is 3.85. The van der Waals surface area contributed by atoms with Gasteiger partial charge in [0.15, 0.2) is 5.82 Å². The third-order valence-electron chi connectivity index (χ3n) is 5.48. The zero-order chi connectivity index (χ0) is 19.1.